The monoisotopic (exact) mass is 315 g/mol. The molecule has 1 saturated carbocycles. The standard InChI is InChI=1S/C14H19BrFNO/c15-13-9-12(5-6-14(13)16)18-8-7-17-10-11-3-1-2-4-11/h5-6,9,11,17H,1-4,7-8,10H2. The van der Waals surface area contributed by atoms with Gasteiger partial charge in [0.2, 0.25) is 0 Å². The third-order valence-corrected chi connectivity index (χ3v) is 3.95. The second kappa shape index (κ2) is 7.10. The first-order valence-electron chi connectivity index (χ1n) is 6.54. The normalized spacial score (nSPS) is 16.1. The Morgan fingerprint density at radius 3 is 2.83 bits per heavy atom. The molecule has 18 heavy (non-hydrogen) atoms. The molecule has 2 nitrogen and oxygen atoms in total. The van der Waals surface area contributed by atoms with Gasteiger partial charge in [0.15, 0.2) is 0 Å². The van der Waals surface area contributed by atoms with E-state index in [1.165, 1.54) is 31.7 Å². The molecular formula is C14H19BrFNO. The number of hydrogen-bond acceptors (Lipinski definition) is 2. The Kier molecular flexibility index (Phi) is 5.45. The third-order valence-electron chi connectivity index (χ3n) is 3.35. The molecule has 0 aliphatic heterocycles. The smallest absolute Gasteiger partial charge is 0.137 e. The molecule has 1 N–H and O–H groups in total. The quantitative estimate of drug-likeness (QED) is 0.807. The first kappa shape index (κ1) is 13.8. The van der Waals surface area contributed by atoms with E-state index in [0.29, 0.717) is 16.8 Å². The van der Waals surface area contributed by atoms with Crippen LogP contribution < -0.4 is 10.1 Å². The zero-order chi connectivity index (χ0) is 12.8. The number of ether oxygens (including phenoxy) is 1. The second-order valence-electron chi connectivity index (χ2n) is 4.78. The highest BCUT2D eigenvalue weighted by Crippen LogP contribution is 2.23. The van der Waals surface area contributed by atoms with Crippen molar-refractivity contribution in [2.75, 3.05) is 19.7 Å². The molecule has 0 radical (unpaired) electrons. The minimum Gasteiger partial charge on any atom is -0.492 e. The van der Waals surface area contributed by atoms with Crippen molar-refractivity contribution in [3.8, 4) is 5.75 Å². The molecule has 1 aromatic rings. The fourth-order valence-corrected chi connectivity index (χ4v) is 2.69. The third kappa shape index (κ3) is 4.25. The fraction of sp³-hybridized carbons (Fsp3) is 0.571. The van der Waals surface area contributed by atoms with Crippen LogP contribution in [0, 0.1) is 11.7 Å². The minimum absolute atomic E-state index is 0.262. The molecule has 1 aliphatic carbocycles. The highest BCUT2D eigenvalue weighted by molar-refractivity contribution is 9.10. The lowest BCUT2D eigenvalue weighted by molar-refractivity contribution is 0.308. The van der Waals surface area contributed by atoms with Gasteiger partial charge in [-0.1, -0.05) is 12.8 Å². The number of hydrogen-bond donors (Lipinski definition) is 1. The zero-order valence-corrected chi connectivity index (χ0v) is 12.0. The lowest BCUT2D eigenvalue weighted by atomic mass is 10.1. The lowest BCUT2D eigenvalue weighted by Crippen LogP contribution is -2.26. The van der Waals surface area contributed by atoms with Crippen LogP contribution in [0.1, 0.15) is 25.7 Å². The molecule has 0 aromatic heterocycles. The average Bonchev–Trinajstić information content (AvgIpc) is 2.86. The molecule has 0 amide bonds. The van der Waals surface area contributed by atoms with Crippen molar-refractivity contribution >= 4 is 15.9 Å². The summed E-state index contributed by atoms with van der Waals surface area (Å²) in [5, 5.41) is 3.41. The van der Waals surface area contributed by atoms with Crippen LogP contribution in [0.25, 0.3) is 0 Å². The number of halogens is 2. The summed E-state index contributed by atoms with van der Waals surface area (Å²) in [5.41, 5.74) is 0. The Hall–Kier alpha value is -0.610. The van der Waals surface area contributed by atoms with E-state index < -0.39 is 0 Å². The van der Waals surface area contributed by atoms with Crippen molar-refractivity contribution in [2.24, 2.45) is 5.92 Å². The molecule has 100 valence electrons. The molecule has 1 aliphatic rings. The maximum absolute atomic E-state index is 13.0. The van der Waals surface area contributed by atoms with Crippen molar-refractivity contribution in [1.29, 1.82) is 0 Å². The van der Waals surface area contributed by atoms with Gasteiger partial charge in [-0.05, 0) is 59.4 Å². The van der Waals surface area contributed by atoms with Crippen molar-refractivity contribution in [3.05, 3.63) is 28.5 Å². The number of benzene rings is 1. The van der Waals surface area contributed by atoms with Gasteiger partial charge in [0, 0.05) is 6.54 Å². The first-order chi connectivity index (χ1) is 8.75. The molecule has 1 fully saturated rings. The topological polar surface area (TPSA) is 21.3 Å². The van der Waals surface area contributed by atoms with Crippen LogP contribution in [0.5, 0.6) is 5.75 Å². The molecule has 0 spiro atoms. The van der Waals surface area contributed by atoms with E-state index in [1.54, 1.807) is 12.1 Å². The average molecular weight is 316 g/mol. The molecule has 1 aromatic carbocycles. The molecule has 2 rings (SSSR count). The maximum Gasteiger partial charge on any atom is 0.137 e. The van der Waals surface area contributed by atoms with Gasteiger partial charge in [0.1, 0.15) is 18.2 Å². The summed E-state index contributed by atoms with van der Waals surface area (Å²) < 4.78 is 19.0. The van der Waals surface area contributed by atoms with Crippen molar-refractivity contribution < 1.29 is 9.13 Å². The summed E-state index contributed by atoms with van der Waals surface area (Å²) in [7, 11) is 0. The summed E-state index contributed by atoms with van der Waals surface area (Å²) in [6.07, 6.45) is 5.48. The summed E-state index contributed by atoms with van der Waals surface area (Å²) in [4.78, 5) is 0. The van der Waals surface area contributed by atoms with Crippen LogP contribution in [0.3, 0.4) is 0 Å². The van der Waals surface area contributed by atoms with Gasteiger partial charge in [-0.25, -0.2) is 4.39 Å². The molecule has 4 heteroatoms. The van der Waals surface area contributed by atoms with Gasteiger partial charge in [-0.2, -0.15) is 0 Å². The Morgan fingerprint density at radius 2 is 2.11 bits per heavy atom. The zero-order valence-electron chi connectivity index (χ0n) is 10.4. The predicted molar refractivity (Wildman–Crippen MR) is 74.4 cm³/mol. The van der Waals surface area contributed by atoms with E-state index in [4.69, 9.17) is 4.74 Å². The van der Waals surface area contributed by atoms with Crippen molar-refractivity contribution in [3.63, 3.8) is 0 Å². The van der Waals surface area contributed by atoms with Gasteiger partial charge in [0.05, 0.1) is 4.47 Å². The number of rotatable bonds is 6. The summed E-state index contributed by atoms with van der Waals surface area (Å²) in [5.74, 6) is 1.29. The Balaban J connectivity index is 1.61. The van der Waals surface area contributed by atoms with Crippen LogP contribution in [-0.4, -0.2) is 19.7 Å². The van der Waals surface area contributed by atoms with E-state index in [1.807, 2.05) is 0 Å². The van der Waals surface area contributed by atoms with Crippen LogP contribution in [0.15, 0.2) is 22.7 Å². The highest BCUT2D eigenvalue weighted by Gasteiger charge is 2.13. The Morgan fingerprint density at radius 1 is 1.33 bits per heavy atom. The molecule has 0 atom stereocenters. The van der Waals surface area contributed by atoms with Gasteiger partial charge in [-0.3, -0.25) is 0 Å². The van der Waals surface area contributed by atoms with Crippen LogP contribution >= 0.6 is 15.9 Å². The summed E-state index contributed by atoms with van der Waals surface area (Å²) in [6, 6.07) is 4.72. The van der Waals surface area contributed by atoms with Crippen LogP contribution in [-0.2, 0) is 0 Å². The molecule has 0 heterocycles. The van der Waals surface area contributed by atoms with Crippen molar-refractivity contribution in [2.45, 2.75) is 25.7 Å². The summed E-state index contributed by atoms with van der Waals surface area (Å²) in [6.45, 7) is 2.55. The summed E-state index contributed by atoms with van der Waals surface area (Å²) >= 11 is 3.14. The Labute approximate surface area is 116 Å². The van der Waals surface area contributed by atoms with Crippen LogP contribution in [0.2, 0.25) is 0 Å². The van der Waals surface area contributed by atoms with Crippen LogP contribution in [0.4, 0.5) is 4.39 Å². The van der Waals surface area contributed by atoms with Gasteiger partial charge in [-0.15, -0.1) is 0 Å². The minimum atomic E-state index is -0.262. The molecular weight excluding hydrogens is 297 g/mol. The second-order valence-corrected chi connectivity index (χ2v) is 5.63. The largest absolute Gasteiger partial charge is 0.492 e. The van der Waals surface area contributed by atoms with Gasteiger partial charge < -0.3 is 10.1 Å². The Bertz CT molecular complexity index is 380. The highest BCUT2D eigenvalue weighted by atomic mass is 79.9. The van der Waals surface area contributed by atoms with E-state index >= 15 is 0 Å². The lowest BCUT2D eigenvalue weighted by Gasteiger charge is -2.11. The molecule has 0 bridgehead atoms. The maximum atomic E-state index is 13.0. The van der Waals surface area contributed by atoms with Crippen molar-refractivity contribution in [1.82, 2.24) is 5.32 Å². The van der Waals surface area contributed by atoms with E-state index in [0.717, 1.165) is 19.0 Å². The van der Waals surface area contributed by atoms with Gasteiger partial charge >= 0.3 is 0 Å². The molecule has 0 unspecified atom stereocenters. The van der Waals surface area contributed by atoms with Gasteiger partial charge in [0.25, 0.3) is 0 Å². The predicted octanol–water partition coefficient (Wildman–Crippen LogP) is 3.75. The number of nitrogens with one attached hydrogen (secondary N) is 1. The van der Waals surface area contributed by atoms with E-state index in [9.17, 15) is 4.39 Å². The van der Waals surface area contributed by atoms with E-state index in [2.05, 4.69) is 21.2 Å². The SMILES string of the molecule is Fc1ccc(OCCNCC2CCCC2)cc1Br. The first-order valence-corrected chi connectivity index (χ1v) is 7.33. The fourth-order valence-electron chi connectivity index (χ4n) is 2.33. The molecule has 0 saturated heterocycles. The van der Waals surface area contributed by atoms with E-state index in [-0.39, 0.29) is 5.82 Å².